The number of benzene rings is 1. The number of allylic oxidation sites excluding steroid dienone is 2. The predicted molar refractivity (Wildman–Crippen MR) is 106 cm³/mol. The van der Waals surface area contributed by atoms with Crippen molar-refractivity contribution in [2.24, 2.45) is 0 Å². The Labute approximate surface area is 170 Å². The van der Waals surface area contributed by atoms with Gasteiger partial charge in [0.2, 0.25) is 0 Å². The molecule has 0 fully saturated rings. The fraction of sp³-hybridized carbons (Fsp3) is 0.381. The molecule has 0 aliphatic heterocycles. The molecular weight excluding hydrogens is 378 g/mol. The smallest absolute Gasteiger partial charge is 0.407 e. The van der Waals surface area contributed by atoms with E-state index in [0.29, 0.717) is 5.75 Å². The van der Waals surface area contributed by atoms with Crippen LogP contribution in [-0.2, 0) is 23.8 Å². The van der Waals surface area contributed by atoms with Gasteiger partial charge in [0.15, 0.2) is 6.10 Å². The number of esters is 2. The molecule has 1 N–H and O–H groups in total. The highest BCUT2D eigenvalue weighted by Gasteiger charge is 2.17. The maximum atomic E-state index is 12.0. The zero-order chi connectivity index (χ0) is 21.5. The monoisotopic (exact) mass is 405 g/mol. The van der Waals surface area contributed by atoms with Crippen LogP contribution in [0.25, 0.3) is 0 Å². The molecule has 0 bridgehead atoms. The number of aryl methyl sites for hydroxylation is 1. The van der Waals surface area contributed by atoms with Crippen LogP contribution in [0.3, 0.4) is 0 Å². The summed E-state index contributed by atoms with van der Waals surface area (Å²) >= 11 is 0. The van der Waals surface area contributed by atoms with Crippen molar-refractivity contribution in [2.75, 3.05) is 26.4 Å². The van der Waals surface area contributed by atoms with Gasteiger partial charge < -0.3 is 24.3 Å². The van der Waals surface area contributed by atoms with E-state index >= 15 is 0 Å². The van der Waals surface area contributed by atoms with Gasteiger partial charge in [-0.15, -0.1) is 0 Å². The highest BCUT2D eigenvalue weighted by Crippen LogP contribution is 2.13. The first-order valence-electron chi connectivity index (χ1n) is 9.17. The van der Waals surface area contributed by atoms with E-state index in [0.717, 1.165) is 5.56 Å². The zero-order valence-electron chi connectivity index (χ0n) is 16.9. The van der Waals surface area contributed by atoms with Crippen LogP contribution in [0.1, 0.15) is 19.4 Å². The van der Waals surface area contributed by atoms with Crippen molar-refractivity contribution in [3.63, 3.8) is 0 Å². The number of hydrogen-bond donors (Lipinski definition) is 1. The lowest BCUT2D eigenvalue weighted by atomic mass is 10.2. The molecule has 1 atom stereocenters. The molecule has 0 heterocycles. The van der Waals surface area contributed by atoms with Crippen LogP contribution >= 0.6 is 0 Å². The van der Waals surface area contributed by atoms with Crippen LogP contribution in [0.15, 0.2) is 48.6 Å². The Hall–Kier alpha value is -3.29. The lowest BCUT2D eigenvalue weighted by Gasteiger charge is -2.18. The summed E-state index contributed by atoms with van der Waals surface area (Å²) in [4.78, 5) is 34.7. The van der Waals surface area contributed by atoms with Crippen molar-refractivity contribution in [3.8, 4) is 5.75 Å². The third kappa shape index (κ3) is 11.2. The standard InChI is InChI=1S/C21H27NO7/c1-4-7-19(23)26-12-11-22-21(25)29-18(15-28-20(24)8-5-2)14-27-17-10-6-9-16(3)13-17/h4-10,13,18H,11-12,14-15H2,1-3H3,(H,22,25)/b7-4+,8-5+. The molecule has 1 aromatic rings. The predicted octanol–water partition coefficient (Wildman–Crippen LogP) is 2.71. The summed E-state index contributed by atoms with van der Waals surface area (Å²) in [6.07, 6.45) is 4.07. The van der Waals surface area contributed by atoms with E-state index < -0.39 is 24.1 Å². The number of nitrogens with one attached hydrogen (secondary N) is 1. The second kappa shape index (κ2) is 13.8. The van der Waals surface area contributed by atoms with Gasteiger partial charge in [0, 0.05) is 12.2 Å². The van der Waals surface area contributed by atoms with Crippen LogP contribution in [0, 0.1) is 6.92 Å². The van der Waals surface area contributed by atoms with Crippen molar-refractivity contribution in [2.45, 2.75) is 26.9 Å². The fourth-order valence-corrected chi connectivity index (χ4v) is 2.05. The zero-order valence-corrected chi connectivity index (χ0v) is 16.9. The third-order valence-corrected chi connectivity index (χ3v) is 3.33. The molecule has 0 spiro atoms. The number of hydrogen-bond acceptors (Lipinski definition) is 7. The van der Waals surface area contributed by atoms with Crippen LogP contribution in [0.5, 0.6) is 5.75 Å². The van der Waals surface area contributed by atoms with Crippen molar-refractivity contribution >= 4 is 18.0 Å². The Bertz CT molecular complexity index is 727. The van der Waals surface area contributed by atoms with E-state index in [2.05, 4.69) is 5.32 Å². The number of amides is 1. The molecular formula is C21H27NO7. The SMILES string of the molecule is C/C=C/C(=O)OCCNC(=O)OC(COC(=O)/C=C/C)COc1cccc(C)c1. The second-order valence-electron chi connectivity index (χ2n) is 5.88. The summed E-state index contributed by atoms with van der Waals surface area (Å²) in [6, 6.07) is 7.38. The van der Waals surface area contributed by atoms with Crippen molar-refractivity contribution in [1.29, 1.82) is 0 Å². The average Bonchev–Trinajstić information content (AvgIpc) is 2.68. The van der Waals surface area contributed by atoms with Gasteiger partial charge in [0.05, 0.1) is 6.54 Å². The Morgan fingerprint density at radius 3 is 2.38 bits per heavy atom. The van der Waals surface area contributed by atoms with Gasteiger partial charge in [-0.25, -0.2) is 14.4 Å². The number of carbonyl (C=O) groups excluding carboxylic acids is 3. The quantitative estimate of drug-likeness (QED) is 0.261. The molecule has 1 amide bonds. The summed E-state index contributed by atoms with van der Waals surface area (Å²) in [6.45, 7) is 5.21. The molecule has 158 valence electrons. The summed E-state index contributed by atoms with van der Waals surface area (Å²) < 4.78 is 20.8. The van der Waals surface area contributed by atoms with Crippen LogP contribution in [0.4, 0.5) is 4.79 Å². The topological polar surface area (TPSA) is 100 Å². The molecule has 0 aromatic heterocycles. The van der Waals surface area contributed by atoms with Gasteiger partial charge in [-0.3, -0.25) is 0 Å². The molecule has 0 saturated carbocycles. The van der Waals surface area contributed by atoms with E-state index in [1.165, 1.54) is 12.2 Å². The van der Waals surface area contributed by atoms with Crippen molar-refractivity contribution in [3.05, 3.63) is 54.1 Å². The molecule has 0 aliphatic carbocycles. The van der Waals surface area contributed by atoms with E-state index in [-0.39, 0.29) is 26.4 Å². The third-order valence-electron chi connectivity index (χ3n) is 3.33. The number of rotatable bonds is 11. The largest absolute Gasteiger partial charge is 0.490 e. The summed E-state index contributed by atoms with van der Waals surface area (Å²) in [7, 11) is 0. The number of ether oxygens (including phenoxy) is 4. The Balaban J connectivity index is 2.52. The molecule has 1 aromatic carbocycles. The second-order valence-corrected chi connectivity index (χ2v) is 5.88. The Kier molecular flexibility index (Phi) is 11.3. The van der Waals surface area contributed by atoms with Gasteiger partial charge in [0.1, 0.15) is 25.6 Å². The fourth-order valence-electron chi connectivity index (χ4n) is 2.05. The first-order chi connectivity index (χ1) is 13.9. The van der Waals surface area contributed by atoms with E-state index in [1.807, 2.05) is 25.1 Å². The summed E-state index contributed by atoms with van der Waals surface area (Å²) in [5, 5.41) is 2.46. The lowest BCUT2D eigenvalue weighted by Crippen LogP contribution is -2.36. The minimum Gasteiger partial charge on any atom is -0.490 e. The normalized spacial score (nSPS) is 11.8. The van der Waals surface area contributed by atoms with Crippen molar-refractivity contribution in [1.82, 2.24) is 5.32 Å². The minimum absolute atomic E-state index is 0.000979. The summed E-state index contributed by atoms with van der Waals surface area (Å²) in [5.41, 5.74) is 1.02. The van der Waals surface area contributed by atoms with Crippen molar-refractivity contribution < 1.29 is 33.3 Å². The van der Waals surface area contributed by atoms with Gasteiger partial charge in [0.25, 0.3) is 0 Å². The highest BCUT2D eigenvalue weighted by molar-refractivity contribution is 5.82. The lowest BCUT2D eigenvalue weighted by molar-refractivity contribution is -0.141. The molecule has 8 nitrogen and oxygen atoms in total. The first-order valence-corrected chi connectivity index (χ1v) is 9.17. The van der Waals surface area contributed by atoms with Crippen LogP contribution < -0.4 is 10.1 Å². The molecule has 0 radical (unpaired) electrons. The maximum Gasteiger partial charge on any atom is 0.407 e. The van der Waals surface area contributed by atoms with Crippen LogP contribution in [-0.4, -0.2) is 50.5 Å². The van der Waals surface area contributed by atoms with Gasteiger partial charge in [-0.05, 0) is 38.5 Å². The Morgan fingerprint density at radius 1 is 1.03 bits per heavy atom. The Morgan fingerprint density at radius 2 is 1.72 bits per heavy atom. The molecule has 1 unspecified atom stereocenters. The van der Waals surface area contributed by atoms with Gasteiger partial charge in [-0.1, -0.05) is 24.3 Å². The number of alkyl carbamates (subject to hydrolysis) is 1. The van der Waals surface area contributed by atoms with E-state index in [4.69, 9.17) is 18.9 Å². The van der Waals surface area contributed by atoms with E-state index in [9.17, 15) is 14.4 Å². The van der Waals surface area contributed by atoms with Crippen LogP contribution in [0.2, 0.25) is 0 Å². The minimum atomic E-state index is -0.824. The number of carbonyl (C=O) groups is 3. The maximum absolute atomic E-state index is 12.0. The molecule has 0 saturated heterocycles. The first kappa shape index (κ1) is 23.7. The molecule has 29 heavy (non-hydrogen) atoms. The molecule has 1 rings (SSSR count). The van der Waals surface area contributed by atoms with Gasteiger partial charge >= 0.3 is 18.0 Å². The molecule has 0 aliphatic rings. The summed E-state index contributed by atoms with van der Waals surface area (Å²) in [5.74, 6) is -0.439. The van der Waals surface area contributed by atoms with Gasteiger partial charge in [-0.2, -0.15) is 0 Å². The average molecular weight is 405 g/mol. The highest BCUT2D eigenvalue weighted by atomic mass is 16.6. The van der Waals surface area contributed by atoms with E-state index in [1.54, 1.807) is 32.1 Å². The molecule has 8 heteroatoms.